The maximum atomic E-state index is 12.3. The summed E-state index contributed by atoms with van der Waals surface area (Å²) in [7, 11) is 0. The molecule has 0 bridgehead atoms. The highest BCUT2D eigenvalue weighted by atomic mass is 35.5. The van der Waals surface area contributed by atoms with E-state index in [1.165, 1.54) is 29.2 Å². The van der Waals surface area contributed by atoms with Crippen LogP contribution in [0.2, 0.25) is 5.15 Å². The van der Waals surface area contributed by atoms with Gasteiger partial charge in [-0.3, -0.25) is 9.69 Å². The number of hydrogen-bond donors (Lipinski definition) is 0. The molecule has 172 valence electrons. The zero-order chi connectivity index (χ0) is 24.1. The summed E-state index contributed by atoms with van der Waals surface area (Å²) < 4.78 is 6.94. The minimum absolute atomic E-state index is 0.0177. The molecule has 0 fully saturated rings. The Bertz CT molecular complexity index is 1330. The Hall–Kier alpha value is -3.75. The summed E-state index contributed by atoms with van der Waals surface area (Å²) in [5, 5.41) is 7.13. The van der Waals surface area contributed by atoms with Crippen LogP contribution in [0.4, 0.5) is 10.8 Å². The quantitative estimate of drug-likeness (QED) is 0.243. The van der Waals surface area contributed by atoms with E-state index in [2.05, 4.69) is 10.1 Å². The number of ether oxygens (including phenoxy) is 1. The van der Waals surface area contributed by atoms with Crippen molar-refractivity contribution < 1.29 is 14.3 Å². The number of rotatable bonds is 7. The fraction of sp³-hybridized carbons (Fsp3) is 0.120. The summed E-state index contributed by atoms with van der Waals surface area (Å²) in [6.45, 7) is 3.28. The Kier molecular flexibility index (Phi) is 7.20. The van der Waals surface area contributed by atoms with E-state index in [4.69, 9.17) is 16.3 Å². The molecule has 0 N–H and O–H groups in total. The molecule has 0 unspecified atom stereocenters. The second-order valence-corrected chi connectivity index (χ2v) is 8.48. The smallest absolute Gasteiger partial charge is 0.331 e. The van der Waals surface area contributed by atoms with Crippen molar-refractivity contribution >= 4 is 51.7 Å². The Balaban J connectivity index is 1.41. The van der Waals surface area contributed by atoms with E-state index in [0.29, 0.717) is 27.2 Å². The molecule has 2 aromatic carbocycles. The first-order valence-corrected chi connectivity index (χ1v) is 11.7. The van der Waals surface area contributed by atoms with Crippen LogP contribution in [0.3, 0.4) is 0 Å². The van der Waals surface area contributed by atoms with Crippen LogP contribution in [0.1, 0.15) is 23.9 Å². The molecule has 0 aliphatic rings. The van der Waals surface area contributed by atoms with Crippen molar-refractivity contribution in [1.29, 1.82) is 0 Å². The molecule has 2 aromatic heterocycles. The molecule has 4 rings (SSSR count). The van der Waals surface area contributed by atoms with Gasteiger partial charge < -0.3 is 4.74 Å². The lowest BCUT2D eigenvalue weighted by molar-refractivity contribution is -0.139. The number of hydrogen-bond acceptors (Lipinski definition) is 6. The third-order valence-electron chi connectivity index (χ3n) is 4.86. The van der Waals surface area contributed by atoms with Crippen LogP contribution in [0, 0.1) is 6.92 Å². The van der Waals surface area contributed by atoms with Crippen molar-refractivity contribution in [3.63, 3.8) is 0 Å². The number of aryl methyl sites for hydroxylation is 1. The van der Waals surface area contributed by atoms with Gasteiger partial charge in [-0.25, -0.2) is 14.5 Å². The van der Waals surface area contributed by atoms with Crippen molar-refractivity contribution in [1.82, 2.24) is 14.8 Å². The van der Waals surface area contributed by atoms with Crippen molar-refractivity contribution in [3.8, 4) is 5.69 Å². The van der Waals surface area contributed by atoms with Crippen LogP contribution in [0.5, 0.6) is 0 Å². The van der Waals surface area contributed by atoms with E-state index in [1.807, 2.05) is 67.6 Å². The number of halogens is 1. The highest BCUT2D eigenvalue weighted by Gasteiger charge is 2.18. The molecule has 34 heavy (non-hydrogen) atoms. The summed E-state index contributed by atoms with van der Waals surface area (Å²) in [4.78, 5) is 30.4. The fourth-order valence-corrected chi connectivity index (χ4v) is 4.46. The average molecular weight is 493 g/mol. The molecule has 9 heteroatoms. The zero-order valence-electron chi connectivity index (χ0n) is 18.5. The normalized spacial score (nSPS) is 11.0. The van der Waals surface area contributed by atoms with E-state index in [-0.39, 0.29) is 12.5 Å². The number of thiazole rings is 1. The minimum Gasteiger partial charge on any atom is -0.456 e. The molecular weight excluding hydrogens is 472 g/mol. The Morgan fingerprint density at radius 1 is 1.12 bits per heavy atom. The summed E-state index contributed by atoms with van der Waals surface area (Å²) >= 11 is 7.79. The first-order chi connectivity index (χ1) is 16.4. The van der Waals surface area contributed by atoms with Crippen LogP contribution in [0.15, 0.2) is 72.1 Å². The van der Waals surface area contributed by atoms with E-state index in [9.17, 15) is 9.59 Å². The zero-order valence-corrected chi connectivity index (χ0v) is 20.1. The maximum absolute atomic E-state index is 12.3. The number of aromatic nitrogens is 3. The molecule has 1 amide bonds. The molecule has 0 radical (unpaired) electrons. The summed E-state index contributed by atoms with van der Waals surface area (Å²) in [6.07, 6.45) is 2.90. The van der Waals surface area contributed by atoms with E-state index >= 15 is 0 Å². The summed E-state index contributed by atoms with van der Waals surface area (Å²) in [6, 6.07) is 18.8. The number of para-hydroxylation sites is 2. The summed E-state index contributed by atoms with van der Waals surface area (Å²) in [5.41, 5.74) is 3.42. The predicted molar refractivity (Wildman–Crippen MR) is 134 cm³/mol. The lowest BCUT2D eigenvalue weighted by atomic mass is 10.2. The molecule has 0 aliphatic carbocycles. The molecule has 0 spiro atoms. The van der Waals surface area contributed by atoms with Gasteiger partial charge in [0.1, 0.15) is 11.8 Å². The van der Waals surface area contributed by atoms with Crippen molar-refractivity contribution in [2.75, 3.05) is 4.90 Å². The number of carbonyl (C=O) groups is 2. The SMILES string of the molecule is CC(=O)N(c1ccccc1)c1nc(COC(=O)/C=C/c2c(C)nn(-c3ccccc3)c2Cl)cs1. The minimum atomic E-state index is -0.538. The maximum Gasteiger partial charge on any atom is 0.331 e. The number of esters is 1. The number of carbonyl (C=O) groups excluding carboxylic acids is 2. The lowest BCUT2D eigenvalue weighted by Gasteiger charge is -2.17. The largest absolute Gasteiger partial charge is 0.456 e. The first-order valence-electron chi connectivity index (χ1n) is 10.4. The Morgan fingerprint density at radius 2 is 1.79 bits per heavy atom. The first kappa shape index (κ1) is 23.4. The predicted octanol–water partition coefficient (Wildman–Crippen LogP) is 5.73. The van der Waals surface area contributed by atoms with Gasteiger partial charge in [-0.1, -0.05) is 48.0 Å². The molecule has 2 heterocycles. The van der Waals surface area contributed by atoms with E-state index in [0.717, 1.165) is 11.4 Å². The highest BCUT2D eigenvalue weighted by Crippen LogP contribution is 2.29. The molecule has 0 aliphatic heterocycles. The third-order valence-corrected chi connectivity index (χ3v) is 6.10. The second kappa shape index (κ2) is 10.5. The number of amides is 1. The molecule has 0 atom stereocenters. The van der Waals surface area contributed by atoms with Gasteiger partial charge in [0.25, 0.3) is 0 Å². The average Bonchev–Trinajstić information content (AvgIpc) is 3.41. The van der Waals surface area contributed by atoms with Crippen LogP contribution in [-0.2, 0) is 20.9 Å². The standard InChI is InChI=1S/C25H21ClN4O3S/c1-17-22(24(26)30(28-17)21-11-7-4-8-12-21)13-14-23(32)33-15-19-16-34-25(27-19)29(18(2)31)20-9-5-3-6-10-20/h3-14,16H,15H2,1-2H3/b14-13+. The van der Waals surface area contributed by atoms with Gasteiger partial charge in [0.2, 0.25) is 5.91 Å². The van der Waals surface area contributed by atoms with Crippen LogP contribution < -0.4 is 4.90 Å². The molecule has 4 aromatic rings. The monoisotopic (exact) mass is 492 g/mol. The Labute approximate surface area is 205 Å². The number of benzene rings is 2. The van der Waals surface area contributed by atoms with Gasteiger partial charge in [0.15, 0.2) is 5.13 Å². The molecule has 0 saturated carbocycles. The lowest BCUT2D eigenvalue weighted by Crippen LogP contribution is -2.22. The van der Waals surface area contributed by atoms with Crippen molar-refractivity contribution in [2.45, 2.75) is 20.5 Å². The van der Waals surface area contributed by atoms with Crippen LogP contribution >= 0.6 is 22.9 Å². The van der Waals surface area contributed by atoms with Crippen molar-refractivity contribution in [2.24, 2.45) is 0 Å². The number of anilines is 2. The Morgan fingerprint density at radius 3 is 2.47 bits per heavy atom. The number of nitrogens with zero attached hydrogens (tertiary/aromatic N) is 4. The van der Waals surface area contributed by atoms with Gasteiger partial charge >= 0.3 is 5.97 Å². The van der Waals surface area contributed by atoms with Gasteiger partial charge in [0.05, 0.1) is 22.8 Å². The summed E-state index contributed by atoms with van der Waals surface area (Å²) in [5.74, 6) is -0.695. The van der Waals surface area contributed by atoms with Gasteiger partial charge in [-0.15, -0.1) is 11.3 Å². The molecule has 7 nitrogen and oxygen atoms in total. The second-order valence-electron chi connectivity index (χ2n) is 7.29. The third kappa shape index (κ3) is 5.24. The van der Waals surface area contributed by atoms with Crippen LogP contribution in [0.25, 0.3) is 11.8 Å². The van der Waals surface area contributed by atoms with E-state index < -0.39 is 5.97 Å². The molecule has 0 saturated heterocycles. The van der Waals surface area contributed by atoms with Crippen LogP contribution in [-0.4, -0.2) is 26.6 Å². The van der Waals surface area contributed by atoms with Gasteiger partial charge in [-0.05, 0) is 37.3 Å². The van der Waals surface area contributed by atoms with Gasteiger partial charge in [-0.2, -0.15) is 5.10 Å². The highest BCUT2D eigenvalue weighted by molar-refractivity contribution is 7.14. The van der Waals surface area contributed by atoms with Gasteiger partial charge in [0, 0.05) is 23.9 Å². The van der Waals surface area contributed by atoms with Crippen molar-refractivity contribution in [3.05, 3.63) is 94.2 Å². The fourth-order valence-electron chi connectivity index (χ4n) is 3.25. The van der Waals surface area contributed by atoms with E-state index in [1.54, 1.807) is 16.1 Å². The topological polar surface area (TPSA) is 77.3 Å². The molecular formula is C25H21ClN4O3S.